The first-order valence-electron chi connectivity index (χ1n) is 9.47. The predicted octanol–water partition coefficient (Wildman–Crippen LogP) is 3.59. The van der Waals surface area contributed by atoms with Crippen LogP contribution in [-0.2, 0) is 6.42 Å². The molecule has 29 heavy (non-hydrogen) atoms. The summed E-state index contributed by atoms with van der Waals surface area (Å²) in [5, 5.41) is 11.0. The van der Waals surface area contributed by atoms with Gasteiger partial charge in [-0.3, -0.25) is 4.99 Å². The Morgan fingerprint density at radius 1 is 1.03 bits per heavy atom. The fraction of sp³-hybridized carbons (Fsp3) is 0.273. The van der Waals surface area contributed by atoms with Gasteiger partial charge in [-0.1, -0.05) is 35.9 Å². The van der Waals surface area contributed by atoms with Gasteiger partial charge < -0.3 is 15.4 Å². The highest BCUT2D eigenvalue weighted by Crippen LogP contribution is 2.10. The van der Waals surface area contributed by atoms with E-state index >= 15 is 0 Å². The van der Waals surface area contributed by atoms with Gasteiger partial charge in [-0.15, -0.1) is 24.0 Å². The Bertz CT molecular complexity index is 878. The van der Waals surface area contributed by atoms with Crippen LogP contribution in [0.15, 0.2) is 72.0 Å². The number of ether oxygens (including phenoxy) is 1. The lowest BCUT2D eigenvalue weighted by Crippen LogP contribution is -2.40. The zero-order valence-electron chi connectivity index (χ0n) is 16.8. The van der Waals surface area contributed by atoms with Crippen molar-refractivity contribution in [1.82, 2.24) is 20.4 Å². The fourth-order valence-corrected chi connectivity index (χ4v) is 2.73. The summed E-state index contributed by atoms with van der Waals surface area (Å²) in [5.74, 6) is 1.65. The molecule has 3 aromatic rings. The van der Waals surface area contributed by atoms with Crippen LogP contribution in [-0.4, -0.2) is 42.5 Å². The van der Waals surface area contributed by atoms with Crippen LogP contribution in [0.4, 0.5) is 0 Å². The molecule has 0 amide bonds. The van der Waals surface area contributed by atoms with Gasteiger partial charge in [-0.2, -0.15) is 5.10 Å². The predicted molar refractivity (Wildman–Crippen MR) is 129 cm³/mol. The molecule has 0 aliphatic heterocycles. The fourth-order valence-electron chi connectivity index (χ4n) is 2.73. The monoisotopic (exact) mass is 505 g/mol. The average Bonchev–Trinajstić information content (AvgIpc) is 3.21. The van der Waals surface area contributed by atoms with Crippen LogP contribution in [0.3, 0.4) is 0 Å². The number of aliphatic imine (C=N–C) groups is 1. The molecule has 0 saturated heterocycles. The number of hydrogen-bond acceptors (Lipinski definition) is 3. The van der Waals surface area contributed by atoms with E-state index in [1.165, 1.54) is 11.1 Å². The van der Waals surface area contributed by atoms with Crippen LogP contribution >= 0.6 is 24.0 Å². The number of nitrogens with zero attached hydrogens (tertiary/aromatic N) is 3. The van der Waals surface area contributed by atoms with E-state index in [1.807, 2.05) is 65.5 Å². The van der Waals surface area contributed by atoms with E-state index in [2.05, 4.69) is 33.8 Å². The van der Waals surface area contributed by atoms with E-state index in [9.17, 15) is 0 Å². The minimum absolute atomic E-state index is 0. The van der Waals surface area contributed by atoms with E-state index in [-0.39, 0.29) is 24.0 Å². The quantitative estimate of drug-likeness (QED) is 0.213. The minimum atomic E-state index is 0. The molecule has 6 nitrogen and oxygen atoms in total. The molecule has 0 unspecified atom stereocenters. The Kier molecular flexibility index (Phi) is 9.49. The SMILES string of the molecule is CN=C(NCCOc1ccc(C)cc1)NCCc1cnn(-c2ccccc2)c1.I. The number of aryl methyl sites for hydroxylation is 1. The third-order valence-electron chi connectivity index (χ3n) is 4.27. The summed E-state index contributed by atoms with van der Waals surface area (Å²) in [6.07, 6.45) is 4.83. The molecule has 0 saturated carbocycles. The Morgan fingerprint density at radius 3 is 2.48 bits per heavy atom. The number of rotatable bonds is 8. The molecule has 154 valence electrons. The van der Waals surface area contributed by atoms with Gasteiger partial charge in [-0.05, 0) is 43.2 Å². The number of hydrogen-bond donors (Lipinski definition) is 2. The molecule has 7 heteroatoms. The van der Waals surface area contributed by atoms with Crippen molar-refractivity contribution in [3.8, 4) is 11.4 Å². The van der Waals surface area contributed by atoms with Crippen LogP contribution in [0.2, 0.25) is 0 Å². The molecule has 0 spiro atoms. The highest BCUT2D eigenvalue weighted by molar-refractivity contribution is 14.0. The second kappa shape index (κ2) is 12.1. The van der Waals surface area contributed by atoms with Crippen molar-refractivity contribution in [3.63, 3.8) is 0 Å². The molecule has 1 heterocycles. The van der Waals surface area contributed by atoms with Gasteiger partial charge in [0.25, 0.3) is 0 Å². The number of para-hydroxylation sites is 1. The van der Waals surface area contributed by atoms with Gasteiger partial charge in [0, 0.05) is 19.8 Å². The number of halogens is 1. The van der Waals surface area contributed by atoms with Gasteiger partial charge in [0.2, 0.25) is 0 Å². The summed E-state index contributed by atoms with van der Waals surface area (Å²) in [7, 11) is 1.77. The molecule has 3 rings (SSSR count). The highest BCUT2D eigenvalue weighted by atomic mass is 127. The summed E-state index contributed by atoms with van der Waals surface area (Å²) in [5.41, 5.74) is 3.46. The Morgan fingerprint density at radius 2 is 1.76 bits per heavy atom. The van der Waals surface area contributed by atoms with Crippen molar-refractivity contribution in [1.29, 1.82) is 0 Å². The summed E-state index contributed by atoms with van der Waals surface area (Å²) in [4.78, 5) is 4.25. The van der Waals surface area contributed by atoms with Crippen molar-refractivity contribution in [3.05, 3.63) is 78.1 Å². The summed E-state index contributed by atoms with van der Waals surface area (Å²) < 4.78 is 7.61. The van der Waals surface area contributed by atoms with E-state index in [4.69, 9.17) is 4.74 Å². The molecule has 0 atom stereocenters. The molecule has 0 aliphatic carbocycles. The highest BCUT2D eigenvalue weighted by Gasteiger charge is 2.02. The maximum Gasteiger partial charge on any atom is 0.191 e. The molecule has 0 aliphatic rings. The van der Waals surface area contributed by atoms with Gasteiger partial charge >= 0.3 is 0 Å². The topological polar surface area (TPSA) is 63.5 Å². The Hall–Kier alpha value is -2.55. The van der Waals surface area contributed by atoms with Crippen LogP contribution in [0.5, 0.6) is 5.75 Å². The van der Waals surface area contributed by atoms with Gasteiger partial charge in [0.15, 0.2) is 5.96 Å². The maximum atomic E-state index is 5.72. The van der Waals surface area contributed by atoms with E-state index in [0.29, 0.717) is 13.2 Å². The van der Waals surface area contributed by atoms with Gasteiger partial charge in [-0.25, -0.2) is 4.68 Å². The molecule has 2 N–H and O–H groups in total. The van der Waals surface area contributed by atoms with Crippen molar-refractivity contribution in [2.24, 2.45) is 4.99 Å². The third kappa shape index (κ3) is 7.41. The van der Waals surface area contributed by atoms with E-state index in [1.54, 1.807) is 7.05 Å². The average molecular weight is 505 g/mol. The number of aromatic nitrogens is 2. The van der Waals surface area contributed by atoms with Crippen molar-refractivity contribution < 1.29 is 4.74 Å². The molecular formula is C22H28IN5O. The lowest BCUT2D eigenvalue weighted by molar-refractivity contribution is 0.322. The standard InChI is InChI=1S/C22H27N5O.HI/c1-18-8-10-21(11-9-18)28-15-14-25-22(23-2)24-13-12-19-16-26-27(17-19)20-6-4-3-5-7-20;/h3-11,16-17H,12-15H2,1-2H3,(H2,23,24,25);1H. The van der Waals surface area contributed by atoms with Crippen molar-refractivity contribution in [2.75, 3.05) is 26.7 Å². The van der Waals surface area contributed by atoms with Gasteiger partial charge in [0.1, 0.15) is 12.4 Å². The molecule has 0 radical (unpaired) electrons. The number of nitrogens with one attached hydrogen (secondary N) is 2. The lowest BCUT2D eigenvalue weighted by Gasteiger charge is -2.12. The van der Waals surface area contributed by atoms with Crippen LogP contribution in [0.25, 0.3) is 5.69 Å². The van der Waals surface area contributed by atoms with Crippen molar-refractivity contribution in [2.45, 2.75) is 13.3 Å². The van der Waals surface area contributed by atoms with Crippen LogP contribution < -0.4 is 15.4 Å². The molecule has 0 fully saturated rings. The molecule has 2 aromatic carbocycles. The third-order valence-corrected chi connectivity index (χ3v) is 4.27. The van der Waals surface area contributed by atoms with Gasteiger partial charge in [0.05, 0.1) is 18.4 Å². The Balaban J connectivity index is 0.00000300. The van der Waals surface area contributed by atoms with Crippen molar-refractivity contribution >= 4 is 29.9 Å². The zero-order valence-corrected chi connectivity index (χ0v) is 19.2. The first kappa shape index (κ1) is 22.7. The molecule has 0 bridgehead atoms. The molecule has 1 aromatic heterocycles. The minimum Gasteiger partial charge on any atom is -0.492 e. The summed E-state index contributed by atoms with van der Waals surface area (Å²) in [6.45, 7) is 4.10. The van der Waals surface area contributed by atoms with Crippen LogP contribution in [0.1, 0.15) is 11.1 Å². The molecular weight excluding hydrogens is 477 g/mol. The summed E-state index contributed by atoms with van der Waals surface area (Å²) in [6, 6.07) is 18.2. The second-order valence-electron chi connectivity index (χ2n) is 6.47. The number of guanidine groups is 1. The van der Waals surface area contributed by atoms with E-state index < -0.39 is 0 Å². The normalized spacial score (nSPS) is 10.9. The lowest BCUT2D eigenvalue weighted by atomic mass is 10.2. The maximum absolute atomic E-state index is 5.72. The summed E-state index contributed by atoms with van der Waals surface area (Å²) >= 11 is 0. The Labute approximate surface area is 189 Å². The van der Waals surface area contributed by atoms with E-state index in [0.717, 1.165) is 30.4 Å². The largest absolute Gasteiger partial charge is 0.492 e. The zero-order chi connectivity index (χ0) is 19.6. The first-order valence-corrected chi connectivity index (χ1v) is 9.47. The second-order valence-corrected chi connectivity index (χ2v) is 6.47. The number of benzene rings is 2. The van der Waals surface area contributed by atoms with Crippen LogP contribution in [0, 0.1) is 6.92 Å². The smallest absolute Gasteiger partial charge is 0.191 e. The first-order chi connectivity index (χ1) is 13.7.